The maximum Gasteiger partial charge on any atom is 0.231 e. The lowest BCUT2D eigenvalue weighted by molar-refractivity contribution is 0.174. The maximum absolute atomic E-state index is 6.25. The molecule has 0 saturated heterocycles. The van der Waals surface area contributed by atoms with Crippen molar-refractivity contribution in [3.8, 4) is 11.5 Å². The molecule has 0 aromatic heterocycles. The van der Waals surface area contributed by atoms with E-state index in [1.165, 1.54) is 11.1 Å². The topological polar surface area (TPSA) is 30.5 Å². The SMILES string of the molecule is CC(C)=CCC/C(C)=C/CNCc1cc2c(cc1Cl)OCO2. The van der Waals surface area contributed by atoms with Crippen LogP contribution in [0.3, 0.4) is 0 Å². The summed E-state index contributed by atoms with van der Waals surface area (Å²) in [5.74, 6) is 1.50. The molecule has 3 nitrogen and oxygen atoms in total. The van der Waals surface area contributed by atoms with Crippen LogP contribution in [0.15, 0.2) is 35.4 Å². The van der Waals surface area contributed by atoms with Gasteiger partial charge in [-0.15, -0.1) is 0 Å². The Balaban J connectivity index is 1.78. The molecule has 1 aromatic carbocycles. The van der Waals surface area contributed by atoms with E-state index in [-0.39, 0.29) is 6.79 Å². The highest BCUT2D eigenvalue weighted by Crippen LogP contribution is 2.36. The Bertz CT molecular complexity index is 575. The molecule has 0 amide bonds. The molecule has 0 aliphatic carbocycles. The van der Waals surface area contributed by atoms with Crippen LogP contribution < -0.4 is 14.8 Å². The minimum absolute atomic E-state index is 0.274. The van der Waals surface area contributed by atoms with Gasteiger partial charge in [0, 0.05) is 24.2 Å². The number of fused-ring (bicyclic) bond motifs is 1. The van der Waals surface area contributed by atoms with Crippen LogP contribution in [0.2, 0.25) is 5.02 Å². The van der Waals surface area contributed by atoms with Crippen molar-refractivity contribution in [2.75, 3.05) is 13.3 Å². The third kappa shape index (κ3) is 5.08. The Kier molecular flexibility index (Phi) is 6.34. The van der Waals surface area contributed by atoms with Crippen LogP contribution in [0.4, 0.5) is 0 Å². The van der Waals surface area contributed by atoms with Crippen molar-refractivity contribution in [3.63, 3.8) is 0 Å². The molecule has 22 heavy (non-hydrogen) atoms. The molecule has 0 atom stereocenters. The van der Waals surface area contributed by atoms with Crippen LogP contribution in [-0.2, 0) is 6.54 Å². The van der Waals surface area contributed by atoms with Crippen LogP contribution >= 0.6 is 11.6 Å². The van der Waals surface area contributed by atoms with Gasteiger partial charge in [-0.2, -0.15) is 0 Å². The van der Waals surface area contributed by atoms with E-state index in [9.17, 15) is 0 Å². The zero-order valence-corrected chi connectivity index (χ0v) is 14.3. The standard InChI is InChI=1S/C18H24ClNO2/c1-13(2)5-4-6-14(3)7-8-20-11-15-9-17-18(10-16(15)19)22-12-21-17/h5,7,9-10,20H,4,6,8,11-12H2,1-3H3/b14-7+. The number of allylic oxidation sites excluding steroid dienone is 3. The summed E-state index contributed by atoms with van der Waals surface area (Å²) in [6, 6.07) is 3.77. The van der Waals surface area contributed by atoms with E-state index in [2.05, 4.69) is 38.2 Å². The fourth-order valence-electron chi connectivity index (χ4n) is 2.24. The molecule has 0 saturated carbocycles. The van der Waals surface area contributed by atoms with E-state index in [1.807, 2.05) is 12.1 Å². The van der Waals surface area contributed by atoms with Crippen molar-refractivity contribution < 1.29 is 9.47 Å². The number of nitrogens with one attached hydrogen (secondary N) is 1. The van der Waals surface area contributed by atoms with Crippen molar-refractivity contribution in [1.29, 1.82) is 0 Å². The molecule has 0 spiro atoms. The molecule has 0 bridgehead atoms. The second kappa shape index (κ2) is 8.25. The molecular formula is C18H24ClNO2. The van der Waals surface area contributed by atoms with Gasteiger partial charge in [-0.1, -0.05) is 34.9 Å². The molecule has 1 aromatic rings. The summed E-state index contributed by atoms with van der Waals surface area (Å²) in [7, 11) is 0. The number of hydrogen-bond donors (Lipinski definition) is 1. The van der Waals surface area contributed by atoms with E-state index in [0.717, 1.165) is 36.4 Å². The highest BCUT2D eigenvalue weighted by molar-refractivity contribution is 6.31. The van der Waals surface area contributed by atoms with Crippen molar-refractivity contribution in [1.82, 2.24) is 5.32 Å². The third-order valence-electron chi connectivity index (χ3n) is 3.54. The Hall–Kier alpha value is -1.45. The monoisotopic (exact) mass is 321 g/mol. The Morgan fingerprint density at radius 3 is 2.64 bits per heavy atom. The summed E-state index contributed by atoms with van der Waals surface area (Å²) in [5, 5.41) is 4.10. The number of ether oxygens (including phenoxy) is 2. The van der Waals surface area contributed by atoms with Gasteiger partial charge in [-0.3, -0.25) is 0 Å². The predicted octanol–water partition coefficient (Wildman–Crippen LogP) is 4.85. The van der Waals surface area contributed by atoms with Gasteiger partial charge in [0.1, 0.15) is 0 Å². The first-order chi connectivity index (χ1) is 10.6. The quantitative estimate of drug-likeness (QED) is 0.575. The van der Waals surface area contributed by atoms with E-state index in [1.54, 1.807) is 0 Å². The number of rotatable bonds is 7. The lowest BCUT2D eigenvalue weighted by atomic mass is 10.1. The maximum atomic E-state index is 6.25. The number of benzene rings is 1. The van der Waals surface area contributed by atoms with E-state index >= 15 is 0 Å². The highest BCUT2D eigenvalue weighted by Gasteiger charge is 2.15. The van der Waals surface area contributed by atoms with Gasteiger partial charge in [-0.05, 0) is 45.2 Å². The van der Waals surface area contributed by atoms with Gasteiger partial charge >= 0.3 is 0 Å². The van der Waals surface area contributed by atoms with Crippen molar-refractivity contribution in [3.05, 3.63) is 46.0 Å². The van der Waals surface area contributed by atoms with Gasteiger partial charge < -0.3 is 14.8 Å². The number of halogens is 1. The summed E-state index contributed by atoms with van der Waals surface area (Å²) < 4.78 is 10.7. The van der Waals surface area contributed by atoms with E-state index < -0.39 is 0 Å². The van der Waals surface area contributed by atoms with Crippen LogP contribution in [0, 0.1) is 0 Å². The van der Waals surface area contributed by atoms with Crippen molar-refractivity contribution >= 4 is 11.6 Å². The smallest absolute Gasteiger partial charge is 0.231 e. The zero-order chi connectivity index (χ0) is 15.9. The van der Waals surface area contributed by atoms with Crippen molar-refractivity contribution in [2.45, 2.75) is 40.2 Å². The lowest BCUT2D eigenvalue weighted by Gasteiger charge is -2.07. The summed E-state index contributed by atoms with van der Waals surface area (Å²) in [6.45, 7) is 8.27. The second-order valence-corrected chi connectivity index (χ2v) is 6.21. The third-order valence-corrected chi connectivity index (χ3v) is 3.90. The first kappa shape index (κ1) is 16.9. The van der Waals surface area contributed by atoms with Gasteiger partial charge in [0.25, 0.3) is 0 Å². The summed E-state index contributed by atoms with van der Waals surface area (Å²) in [6.07, 6.45) is 6.73. The number of hydrogen-bond acceptors (Lipinski definition) is 3. The largest absolute Gasteiger partial charge is 0.454 e. The Morgan fingerprint density at radius 1 is 1.18 bits per heavy atom. The summed E-state index contributed by atoms with van der Waals surface area (Å²) in [4.78, 5) is 0. The average Bonchev–Trinajstić information content (AvgIpc) is 2.90. The molecule has 1 aliphatic rings. The van der Waals surface area contributed by atoms with Gasteiger partial charge in [0.05, 0.1) is 0 Å². The lowest BCUT2D eigenvalue weighted by Crippen LogP contribution is -2.13. The minimum Gasteiger partial charge on any atom is -0.454 e. The van der Waals surface area contributed by atoms with E-state index in [0.29, 0.717) is 11.6 Å². The molecule has 0 unspecified atom stereocenters. The first-order valence-electron chi connectivity index (χ1n) is 7.64. The van der Waals surface area contributed by atoms with Gasteiger partial charge in [0.15, 0.2) is 11.5 Å². The normalized spacial score (nSPS) is 13.4. The van der Waals surface area contributed by atoms with Crippen LogP contribution in [0.5, 0.6) is 11.5 Å². The van der Waals surface area contributed by atoms with Crippen LogP contribution in [-0.4, -0.2) is 13.3 Å². The fraction of sp³-hybridized carbons (Fsp3) is 0.444. The minimum atomic E-state index is 0.274. The summed E-state index contributed by atoms with van der Waals surface area (Å²) in [5.41, 5.74) is 3.81. The van der Waals surface area contributed by atoms with Crippen LogP contribution in [0.25, 0.3) is 0 Å². The highest BCUT2D eigenvalue weighted by atomic mass is 35.5. The molecule has 0 radical (unpaired) electrons. The van der Waals surface area contributed by atoms with Gasteiger partial charge in [-0.25, -0.2) is 0 Å². The first-order valence-corrected chi connectivity index (χ1v) is 8.02. The summed E-state index contributed by atoms with van der Waals surface area (Å²) >= 11 is 6.25. The van der Waals surface area contributed by atoms with E-state index in [4.69, 9.17) is 21.1 Å². The van der Waals surface area contributed by atoms with Crippen molar-refractivity contribution in [2.24, 2.45) is 0 Å². The molecule has 120 valence electrons. The Labute approximate surface area is 138 Å². The average molecular weight is 322 g/mol. The molecule has 4 heteroatoms. The molecule has 1 aliphatic heterocycles. The molecule has 1 heterocycles. The van der Waals surface area contributed by atoms with Crippen LogP contribution in [0.1, 0.15) is 39.2 Å². The Morgan fingerprint density at radius 2 is 1.91 bits per heavy atom. The second-order valence-electron chi connectivity index (χ2n) is 5.80. The molecule has 2 rings (SSSR count). The predicted molar refractivity (Wildman–Crippen MR) is 91.7 cm³/mol. The molecule has 1 N–H and O–H groups in total. The van der Waals surface area contributed by atoms with Gasteiger partial charge in [0.2, 0.25) is 6.79 Å². The fourth-order valence-corrected chi connectivity index (χ4v) is 2.46. The molecule has 0 fully saturated rings. The zero-order valence-electron chi connectivity index (χ0n) is 13.5. The molecular weight excluding hydrogens is 298 g/mol.